The van der Waals surface area contributed by atoms with Gasteiger partial charge in [0.15, 0.2) is 0 Å². The van der Waals surface area contributed by atoms with Crippen molar-refractivity contribution in [3.8, 4) is 0 Å². The normalized spacial score (nSPS) is 23.2. The number of hydrogen-bond donors (Lipinski definition) is 1. The summed E-state index contributed by atoms with van der Waals surface area (Å²) in [4.78, 5) is 25.8. The maximum absolute atomic E-state index is 11.6. The molecule has 0 radical (unpaired) electrons. The van der Waals surface area contributed by atoms with E-state index in [1.165, 1.54) is 0 Å². The van der Waals surface area contributed by atoms with Gasteiger partial charge in [-0.25, -0.2) is 0 Å². The molecule has 1 aliphatic heterocycles. The van der Waals surface area contributed by atoms with Gasteiger partial charge in [-0.3, -0.25) is 14.5 Å². The zero-order chi connectivity index (χ0) is 11.4. The van der Waals surface area contributed by atoms with Gasteiger partial charge in [-0.05, 0) is 13.5 Å². The second-order valence-electron chi connectivity index (χ2n) is 4.01. The van der Waals surface area contributed by atoms with Crippen LogP contribution >= 0.6 is 0 Å². The lowest BCUT2D eigenvalue weighted by Crippen LogP contribution is -2.55. The van der Waals surface area contributed by atoms with Gasteiger partial charge < -0.3 is 10.0 Å². The molecule has 0 aliphatic carbocycles. The van der Waals surface area contributed by atoms with Crippen LogP contribution in [0.1, 0.15) is 19.8 Å². The molecule has 1 fully saturated rings. The van der Waals surface area contributed by atoms with E-state index in [0.29, 0.717) is 13.1 Å². The highest BCUT2D eigenvalue weighted by Gasteiger charge is 2.30. The molecule has 1 rings (SSSR count). The molecular formula is C10H18N2O3. The van der Waals surface area contributed by atoms with Crippen molar-refractivity contribution in [2.75, 3.05) is 26.7 Å². The van der Waals surface area contributed by atoms with E-state index in [9.17, 15) is 9.59 Å². The van der Waals surface area contributed by atoms with Crippen LogP contribution in [0.2, 0.25) is 0 Å². The SMILES string of the molecule is CCCN1CC(CC(=O)O)N(C)CC1=O. The number of carboxylic acids is 1. The van der Waals surface area contributed by atoms with E-state index in [1.807, 2.05) is 11.8 Å². The largest absolute Gasteiger partial charge is 0.481 e. The van der Waals surface area contributed by atoms with Crippen LogP contribution in [-0.4, -0.2) is 59.5 Å². The second kappa shape index (κ2) is 5.11. The summed E-state index contributed by atoms with van der Waals surface area (Å²) in [7, 11) is 1.80. The van der Waals surface area contributed by atoms with Gasteiger partial charge in [0.1, 0.15) is 0 Å². The third-order valence-corrected chi connectivity index (χ3v) is 2.70. The Hall–Kier alpha value is -1.10. The van der Waals surface area contributed by atoms with Crippen molar-refractivity contribution in [1.29, 1.82) is 0 Å². The molecule has 1 aliphatic rings. The van der Waals surface area contributed by atoms with Crippen LogP contribution in [0.3, 0.4) is 0 Å². The number of rotatable bonds is 4. The quantitative estimate of drug-likeness (QED) is 0.716. The standard InChI is InChI=1S/C10H18N2O3/c1-3-4-12-6-8(5-10(14)15)11(2)7-9(12)13/h8H,3-7H2,1-2H3,(H,14,15). The number of carbonyl (C=O) groups excluding carboxylic acids is 1. The fraction of sp³-hybridized carbons (Fsp3) is 0.800. The van der Waals surface area contributed by atoms with Gasteiger partial charge in [-0.2, -0.15) is 0 Å². The van der Waals surface area contributed by atoms with Crippen LogP contribution in [0.15, 0.2) is 0 Å². The predicted molar refractivity (Wildman–Crippen MR) is 55.5 cm³/mol. The van der Waals surface area contributed by atoms with E-state index in [1.54, 1.807) is 11.9 Å². The van der Waals surface area contributed by atoms with Crippen LogP contribution in [0, 0.1) is 0 Å². The average Bonchev–Trinajstić information content (AvgIpc) is 2.12. The molecule has 1 amide bonds. The third-order valence-electron chi connectivity index (χ3n) is 2.70. The molecule has 5 nitrogen and oxygen atoms in total. The van der Waals surface area contributed by atoms with Crippen molar-refractivity contribution < 1.29 is 14.7 Å². The second-order valence-corrected chi connectivity index (χ2v) is 4.01. The lowest BCUT2D eigenvalue weighted by atomic mass is 10.1. The first kappa shape index (κ1) is 12.0. The molecule has 0 saturated carbocycles. The van der Waals surface area contributed by atoms with Crippen molar-refractivity contribution in [1.82, 2.24) is 9.80 Å². The Balaban J connectivity index is 2.58. The Morgan fingerprint density at radius 2 is 2.27 bits per heavy atom. The van der Waals surface area contributed by atoms with Crippen LogP contribution in [0.5, 0.6) is 0 Å². The molecule has 5 heteroatoms. The summed E-state index contributed by atoms with van der Waals surface area (Å²) in [5, 5.41) is 8.74. The van der Waals surface area contributed by atoms with Crippen molar-refractivity contribution in [3.63, 3.8) is 0 Å². The maximum atomic E-state index is 11.6. The van der Waals surface area contributed by atoms with E-state index in [4.69, 9.17) is 5.11 Å². The van der Waals surface area contributed by atoms with Crippen LogP contribution in [-0.2, 0) is 9.59 Å². The highest BCUT2D eigenvalue weighted by atomic mass is 16.4. The average molecular weight is 214 g/mol. The number of amides is 1. The highest BCUT2D eigenvalue weighted by molar-refractivity contribution is 5.79. The Bertz CT molecular complexity index is 255. The molecule has 1 N–H and O–H groups in total. The van der Waals surface area contributed by atoms with Crippen LogP contribution < -0.4 is 0 Å². The van der Waals surface area contributed by atoms with Gasteiger partial charge in [0.05, 0.1) is 13.0 Å². The molecular weight excluding hydrogens is 196 g/mol. The summed E-state index contributed by atoms with van der Waals surface area (Å²) >= 11 is 0. The first-order chi connectivity index (χ1) is 7.04. The van der Waals surface area contributed by atoms with Crippen molar-refractivity contribution in [3.05, 3.63) is 0 Å². The number of piperazine rings is 1. The summed E-state index contributed by atoms with van der Waals surface area (Å²) in [5.74, 6) is -0.710. The number of aliphatic carboxylic acids is 1. The lowest BCUT2D eigenvalue weighted by Gasteiger charge is -2.38. The van der Waals surface area contributed by atoms with Gasteiger partial charge >= 0.3 is 5.97 Å². The third kappa shape index (κ3) is 3.20. The zero-order valence-electron chi connectivity index (χ0n) is 9.27. The number of carboxylic acid groups (broad SMARTS) is 1. The summed E-state index contributed by atoms with van der Waals surface area (Å²) < 4.78 is 0. The fourth-order valence-corrected chi connectivity index (χ4v) is 1.85. The minimum absolute atomic E-state index is 0.0493. The molecule has 1 heterocycles. The van der Waals surface area contributed by atoms with Gasteiger partial charge in [-0.1, -0.05) is 6.92 Å². The molecule has 1 unspecified atom stereocenters. The predicted octanol–water partition coefficient (Wildman–Crippen LogP) is 0.0137. The van der Waals surface area contributed by atoms with Gasteiger partial charge in [-0.15, -0.1) is 0 Å². The monoisotopic (exact) mass is 214 g/mol. The van der Waals surface area contributed by atoms with E-state index in [-0.39, 0.29) is 18.4 Å². The molecule has 15 heavy (non-hydrogen) atoms. The molecule has 0 bridgehead atoms. The fourth-order valence-electron chi connectivity index (χ4n) is 1.85. The summed E-state index contributed by atoms with van der Waals surface area (Å²) in [6.45, 7) is 3.61. The van der Waals surface area contributed by atoms with E-state index < -0.39 is 5.97 Å². The van der Waals surface area contributed by atoms with Gasteiger partial charge in [0, 0.05) is 19.1 Å². The lowest BCUT2D eigenvalue weighted by molar-refractivity contribution is -0.144. The highest BCUT2D eigenvalue weighted by Crippen LogP contribution is 2.12. The molecule has 0 aromatic heterocycles. The summed E-state index contributed by atoms with van der Waals surface area (Å²) in [6, 6.07) is -0.0493. The maximum Gasteiger partial charge on any atom is 0.305 e. The van der Waals surface area contributed by atoms with Crippen molar-refractivity contribution in [2.24, 2.45) is 0 Å². The molecule has 0 aromatic rings. The number of nitrogens with zero attached hydrogens (tertiary/aromatic N) is 2. The smallest absolute Gasteiger partial charge is 0.305 e. The van der Waals surface area contributed by atoms with Gasteiger partial charge in [0.2, 0.25) is 5.91 Å². The Morgan fingerprint density at radius 3 is 2.80 bits per heavy atom. The minimum Gasteiger partial charge on any atom is -0.481 e. The Labute approximate surface area is 89.7 Å². The molecule has 0 aromatic carbocycles. The zero-order valence-corrected chi connectivity index (χ0v) is 9.27. The first-order valence-corrected chi connectivity index (χ1v) is 5.24. The Morgan fingerprint density at radius 1 is 1.60 bits per heavy atom. The molecule has 1 atom stereocenters. The summed E-state index contributed by atoms with van der Waals surface area (Å²) in [5.41, 5.74) is 0. The molecule has 0 spiro atoms. The Kier molecular flexibility index (Phi) is 4.08. The van der Waals surface area contributed by atoms with Crippen molar-refractivity contribution in [2.45, 2.75) is 25.8 Å². The molecule has 86 valence electrons. The van der Waals surface area contributed by atoms with Crippen molar-refractivity contribution >= 4 is 11.9 Å². The number of likely N-dealkylation sites (N-methyl/N-ethyl adjacent to an activating group) is 1. The van der Waals surface area contributed by atoms with Crippen LogP contribution in [0.25, 0.3) is 0 Å². The minimum atomic E-state index is -0.808. The van der Waals surface area contributed by atoms with Crippen LogP contribution in [0.4, 0.5) is 0 Å². The topological polar surface area (TPSA) is 60.9 Å². The first-order valence-electron chi connectivity index (χ1n) is 5.24. The van der Waals surface area contributed by atoms with Gasteiger partial charge in [0.25, 0.3) is 0 Å². The number of hydrogen-bond acceptors (Lipinski definition) is 3. The van der Waals surface area contributed by atoms with E-state index >= 15 is 0 Å². The number of carbonyl (C=O) groups is 2. The van der Waals surface area contributed by atoms with E-state index in [0.717, 1.165) is 13.0 Å². The summed E-state index contributed by atoms with van der Waals surface area (Å²) in [6.07, 6.45) is 1.01. The van der Waals surface area contributed by atoms with E-state index in [2.05, 4.69) is 0 Å². The molecule has 1 saturated heterocycles.